The molecule has 36 heavy (non-hydrogen) atoms. The molecule has 0 aromatic heterocycles. The van der Waals surface area contributed by atoms with E-state index in [9.17, 15) is 14.4 Å². The van der Waals surface area contributed by atoms with Crippen LogP contribution in [-0.4, -0.2) is 37.4 Å². The molecule has 1 aliphatic heterocycles. The molecule has 0 saturated carbocycles. The molecule has 8 heteroatoms. The van der Waals surface area contributed by atoms with Crippen LogP contribution in [0.2, 0.25) is 0 Å². The molecule has 1 atom stereocenters. The average Bonchev–Trinajstić information content (AvgIpc) is 3.27. The third-order valence-corrected chi connectivity index (χ3v) is 6.62. The minimum atomic E-state index is -0.381. The number of benzene rings is 3. The smallest absolute Gasteiger partial charge is 0.262 e. The Morgan fingerprint density at radius 3 is 2.53 bits per heavy atom. The van der Waals surface area contributed by atoms with Gasteiger partial charge in [0.2, 0.25) is 11.8 Å². The van der Waals surface area contributed by atoms with Crippen molar-refractivity contribution in [2.24, 2.45) is 5.92 Å². The van der Waals surface area contributed by atoms with Crippen LogP contribution in [0.15, 0.2) is 77.3 Å². The van der Waals surface area contributed by atoms with Crippen molar-refractivity contribution in [3.8, 4) is 5.75 Å². The van der Waals surface area contributed by atoms with Crippen LogP contribution in [0.5, 0.6) is 5.75 Å². The SMILES string of the molecule is Cc1ccc(NC(=O)COc2ccc(N3C[C@@H](C(=O)NCCc4ccccc4)CC3=O)cc2)c(Br)c1. The summed E-state index contributed by atoms with van der Waals surface area (Å²) in [4.78, 5) is 39.0. The Morgan fingerprint density at radius 1 is 1.06 bits per heavy atom. The maximum absolute atomic E-state index is 12.6. The molecule has 1 fully saturated rings. The number of aryl methyl sites for hydroxylation is 1. The van der Waals surface area contributed by atoms with Crippen molar-refractivity contribution in [1.82, 2.24) is 5.32 Å². The van der Waals surface area contributed by atoms with Crippen molar-refractivity contribution in [1.29, 1.82) is 0 Å². The van der Waals surface area contributed by atoms with E-state index in [0.717, 1.165) is 22.0 Å². The second-order valence-electron chi connectivity index (χ2n) is 8.75. The number of nitrogens with zero attached hydrogens (tertiary/aromatic N) is 1. The lowest BCUT2D eigenvalue weighted by atomic mass is 10.1. The van der Waals surface area contributed by atoms with Crippen molar-refractivity contribution in [3.63, 3.8) is 0 Å². The highest BCUT2D eigenvalue weighted by atomic mass is 79.9. The lowest BCUT2D eigenvalue weighted by Gasteiger charge is -2.17. The van der Waals surface area contributed by atoms with E-state index in [1.54, 1.807) is 29.2 Å². The van der Waals surface area contributed by atoms with E-state index in [1.807, 2.05) is 55.5 Å². The van der Waals surface area contributed by atoms with Gasteiger partial charge in [0.1, 0.15) is 5.75 Å². The molecule has 3 amide bonds. The number of anilines is 2. The predicted octanol–water partition coefficient (Wildman–Crippen LogP) is 4.49. The zero-order valence-corrected chi connectivity index (χ0v) is 21.6. The first-order chi connectivity index (χ1) is 17.4. The summed E-state index contributed by atoms with van der Waals surface area (Å²) in [6.45, 7) is 2.70. The largest absolute Gasteiger partial charge is 0.484 e. The van der Waals surface area contributed by atoms with Crippen LogP contribution in [0.3, 0.4) is 0 Å². The average molecular weight is 550 g/mol. The van der Waals surface area contributed by atoms with Crippen LogP contribution in [0.4, 0.5) is 11.4 Å². The van der Waals surface area contributed by atoms with Gasteiger partial charge in [0.25, 0.3) is 5.91 Å². The lowest BCUT2D eigenvalue weighted by molar-refractivity contribution is -0.126. The van der Waals surface area contributed by atoms with E-state index in [-0.39, 0.29) is 36.7 Å². The number of ether oxygens (including phenoxy) is 1. The van der Waals surface area contributed by atoms with E-state index >= 15 is 0 Å². The van der Waals surface area contributed by atoms with Gasteiger partial charge in [0.05, 0.1) is 11.6 Å². The third kappa shape index (κ3) is 6.73. The summed E-state index contributed by atoms with van der Waals surface area (Å²) in [5.41, 5.74) is 3.61. The second kappa shape index (κ2) is 11.9. The monoisotopic (exact) mass is 549 g/mol. The molecule has 1 aliphatic rings. The summed E-state index contributed by atoms with van der Waals surface area (Å²) in [6, 6.07) is 22.6. The Morgan fingerprint density at radius 2 is 1.81 bits per heavy atom. The van der Waals surface area contributed by atoms with Crippen molar-refractivity contribution >= 4 is 45.0 Å². The number of rotatable bonds is 9. The summed E-state index contributed by atoms with van der Waals surface area (Å²) in [5.74, 6) is -0.338. The highest BCUT2D eigenvalue weighted by Crippen LogP contribution is 2.27. The molecule has 7 nitrogen and oxygen atoms in total. The highest BCUT2D eigenvalue weighted by molar-refractivity contribution is 9.10. The number of hydrogen-bond acceptors (Lipinski definition) is 4. The second-order valence-corrected chi connectivity index (χ2v) is 9.60. The Balaban J connectivity index is 1.24. The number of carbonyl (C=O) groups is 3. The molecule has 1 heterocycles. The first kappa shape index (κ1) is 25.4. The maximum atomic E-state index is 12.6. The van der Waals surface area contributed by atoms with E-state index in [1.165, 1.54) is 0 Å². The van der Waals surface area contributed by atoms with Gasteiger partial charge in [-0.2, -0.15) is 0 Å². The molecular weight excluding hydrogens is 522 g/mol. The summed E-state index contributed by atoms with van der Waals surface area (Å²) in [5, 5.41) is 5.75. The van der Waals surface area contributed by atoms with Crippen LogP contribution in [0.25, 0.3) is 0 Å². The minimum Gasteiger partial charge on any atom is -0.484 e. The van der Waals surface area contributed by atoms with Gasteiger partial charge in [-0.05, 0) is 76.8 Å². The van der Waals surface area contributed by atoms with Gasteiger partial charge < -0.3 is 20.3 Å². The van der Waals surface area contributed by atoms with Crippen LogP contribution in [0, 0.1) is 12.8 Å². The molecule has 0 radical (unpaired) electrons. The first-order valence-corrected chi connectivity index (χ1v) is 12.6. The summed E-state index contributed by atoms with van der Waals surface area (Å²) >= 11 is 3.44. The molecular formula is C28H28BrN3O4. The number of hydrogen-bond donors (Lipinski definition) is 2. The maximum Gasteiger partial charge on any atom is 0.262 e. The minimum absolute atomic E-state index is 0.0880. The van der Waals surface area contributed by atoms with Gasteiger partial charge in [0.15, 0.2) is 6.61 Å². The van der Waals surface area contributed by atoms with E-state index in [0.29, 0.717) is 30.2 Å². The van der Waals surface area contributed by atoms with E-state index in [4.69, 9.17) is 4.74 Å². The molecule has 0 spiro atoms. The summed E-state index contributed by atoms with van der Waals surface area (Å²) in [6.07, 6.45) is 0.933. The molecule has 0 bridgehead atoms. The zero-order valence-electron chi connectivity index (χ0n) is 20.0. The normalized spacial score (nSPS) is 15.0. The van der Waals surface area contributed by atoms with Crippen molar-refractivity contribution in [2.75, 3.05) is 29.9 Å². The Bertz CT molecular complexity index is 1230. The Hall–Kier alpha value is -3.65. The molecule has 0 aliphatic carbocycles. The van der Waals surface area contributed by atoms with Gasteiger partial charge >= 0.3 is 0 Å². The van der Waals surface area contributed by atoms with Crippen LogP contribution in [0.1, 0.15) is 17.5 Å². The van der Waals surface area contributed by atoms with E-state index in [2.05, 4.69) is 26.6 Å². The van der Waals surface area contributed by atoms with E-state index < -0.39 is 0 Å². The number of amides is 3. The zero-order chi connectivity index (χ0) is 25.5. The standard InChI is InChI=1S/C28H28BrN3O4/c1-19-7-12-25(24(29)15-19)31-26(33)18-36-23-10-8-22(9-11-23)32-17-21(16-27(32)34)28(35)30-14-13-20-5-3-2-4-6-20/h2-12,15,21H,13-14,16-18H2,1H3,(H,30,35)(H,31,33)/t21-/m0/s1. The fourth-order valence-corrected chi connectivity index (χ4v) is 4.62. The number of carbonyl (C=O) groups excluding carboxylic acids is 3. The van der Waals surface area contributed by atoms with Crippen molar-refractivity contribution in [2.45, 2.75) is 19.8 Å². The molecule has 0 unspecified atom stereocenters. The molecule has 2 N–H and O–H groups in total. The van der Waals surface area contributed by atoms with Gasteiger partial charge in [-0.3, -0.25) is 14.4 Å². The summed E-state index contributed by atoms with van der Waals surface area (Å²) in [7, 11) is 0. The quantitative estimate of drug-likeness (QED) is 0.411. The highest BCUT2D eigenvalue weighted by Gasteiger charge is 2.34. The summed E-state index contributed by atoms with van der Waals surface area (Å²) < 4.78 is 6.40. The van der Waals surface area contributed by atoms with Crippen molar-refractivity contribution < 1.29 is 19.1 Å². The number of halogens is 1. The first-order valence-electron chi connectivity index (χ1n) is 11.8. The van der Waals surface area contributed by atoms with Gasteiger partial charge in [-0.1, -0.05) is 36.4 Å². The van der Waals surface area contributed by atoms with Crippen molar-refractivity contribution in [3.05, 3.63) is 88.4 Å². The van der Waals surface area contributed by atoms with Gasteiger partial charge in [-0.25, -0.2) is 0 Å². The Kier molecular flexibility index (Phi) is 8.38. The predicted molar refractivity (Wildman–Crippen MR) is 143 cm³/mol. The Labute approximate surface area is 219 Å². The van der Waals surface area contributed by atoms with Gasteiger partial charge in [0, 0.05) is 29.7 Å². The molecule has 3 aromatic rings. The number of nitrogens with one attached hydrogen (secondary N) is 2. The molecule has 4 rings (SSSR count). The van der Waals surface area contributed by atoms with Crippen LogP contribution >= 0.6 is 15.9 Å². The third-order valence-electron chi connectivity index (χ3n) is 5.97. The van der Waals surface area contributed by atoms with Gasteiger partial charge in [-0.15, -0.1) is 0 Å². The lowest BCUT2D eigenvalue weighted by Crippen LogP contribution is -2.34. The fourth-order valence-electron chi connectivity index (χ4n) is 4.03. The molecule has 186 valence electrons. The topological polar surface area (TPSA) is 87.7 Å². The molecule has 1 saturated heterocycles. The van der Waals surface area contributed by atoms with Crippen LogP contribution < -0.4 is 20.3 Å². The molecule has 3 aromatic carbocycles. The fraction of sp³-hybridized carbons (Fsp3) is 0.250. The van der Waals surface area contributed by atoms with Crippen LogP contribution in [-0.2, 0) is 20.8 Å².